The van der Waals surface area contributed by atoms with E-state index in [1.807, 2.05) is 39.0 Å². The number of carbonyl (C=O) groups excluding carboxylic acids is 1. The molecule has 1 aromatic heterocycles. The molecule has 0 aliphatic heterocycles. The molecule has 140 valence electrons. The molecule has 0 bridgehead atoms. The summed E-state index contributed by atoms with van der Waals surface area (Å²) in [7, 11) is 3.19. The van der Waals surface area contributed by atoms with Crippen molar-refractivity contribution in [3.8, 4) is 17.4 Å². The predicted molar refractivity (Wildman–Crippen MR) is 100.0 cm³/mol. The second-order valence-corrected chi connectivity index (χ2v) is 6.06. The van der Waals surface area contributed by atoms with E-state index in [1.54, 1.807) is 37.4 Å². The van der Waals surface area contributed by atoms with Crippen LogP contribution in [0.1, 0.15) is 36.7 Å². The lowest BCUT2D eigenvalue weighted by molar-refractivity contribution is 0.0752. The van der Waals surface area contributed by atoms with Crippen LogP contribution in [-0.2, 0) is 6.54 Å². The van der Waals surface area contributed by atoms with Crippen molar-refractivity contribution in [1.29, 1.82) is 0 Å². The summed E-state index contributed by atoms with van der Waals surface area (Å²) in [5, 5.41) is 0. The van der Waals surface area contributed by atoms with Crippen LogP contribution >= 0.6 is 0 Å². The number of ether oxygens (including phenoxy) is 3. The Morgan fingerprint density at radius 1 is 1.12 bits per heavy atom. The van der Waals surface area contributed by atoms with Crippen molar-refractivity contribution in [3.63, 3.8) is 0 Å². The standard InChI is InChI=1S/C20H26N2O4/c1-6-22(13-15-7-9-17(24-4)18(11-15)25-5)20(23)16-8-10-19(21-12-16)26-14(2)3/h7-12,14H,6,13H2,1-5H3. The molecule has 2 rings (SSSR count). The fourth-order valence-corrected chi connectivity index (χ4v) is 2.53. The van der Waals surface area contributed by atoms with E-state index in [-0.39, 0.29) is 12.0 Å². The molecule has 0 fully saturated rings. The van der Waals surface area contributed by atoms with Crippen molar-refractivity contribution in [2.24, 2.45) is 0 Å². The molecule has 0 unspecified atom stereocenters. The Kier molecular flexibility index (Phi) is 6.83. The summed E-state index contributed by atoms with van der Waals surface area (Å²) in [4.78, 5) is 18.7. The fraction of sp³-hybridized carbons (Fsp3) is 0.400. The predicted octanol–water partition coefficient (Wildman–Crippen LogP) is 3.55. The van der Waals surface area contributed by atoms with Crippen LogP contribution in [-0.4, -0.2) is 42.7 Å². The quantitative estimate of drug-likeness (QED) is 0.722. The average Bonchev–Trinajstić information content (AvgIpc) is 2.65. The number of nitrogens with zero attached hydrogens (tertiary/aromatic N) is 2. The molecule has 0 aliphatic rings. The molecule has 6 heteroatoms. The topological polar surface area (TPSA) is 60.9 Å². The normalized spacial score (nSPS) is 10.5. The minimum Gasteiger partial charge on any atom is -0.493 e. The van der Waals surface area contributed by atoms with Gasteiger partial charge >= 0.3 is 0 Å². The van der Waals surface area contributed by atoms with E-state index in [4.69, 9.17) is 14.2 Å². The molecule has 1 heterocycles. The Balaban J connectivity index is 2.13. The molecule has 2 aromatic rings. The van der Waals surface area contributed by atoms with Crippen molar-refractivity contribution in [2.45, 2.75) is 33.4 Å². The number of rotatable bonds is 8. The summed E-state index contributed by atoms with van der Waals surface area (Å²) in [6.45, 7) is 6.87. The molecular formula is C20H26N2O4. The summed E-state index contributed by atoms with van der Waals surface area (Å²) >= 11 is 0. The van der Waals surface area contributed by atoms with E-state index in [9.17, 15) is 4.79 Å². The van der Waals surface area contributed by atoms with Gasteiger partial charge in [-0.1, -0.05) is 6.07 Å². The highest BCUT2D eigenvalue weighted by atomic mass is 16.5. The van der Waals surface area contributed by atoms with Gasteiger partial charge in [0.25, 0.3) is 5.91 Å². The first kappa shape index (κ1) is 19.6. The minimum atomic E-state index is -0.0779. The first-order valence-electron chi connectivity index (χ1n) is 8.61. The second kappa shape index (κ2) is 9.08. The lowest BCUT2D eigenvalue weighted by atomic mass is 10.1. The van der Waals surface area contributed by atoms with Crippen molar-refractivity contribution in [2.75, 3.05) is 20.8 Å². The van der Waals surface area contributed by atoms with Crippen molar-refractivity contribution in [3.05, 3.63) is 47.7 Å². The summed E-state index contributed by atoms with van der Waals surface area (Å²) in [5.74, 6) is 1.74. The molecule has 0 saturated heterocycles. The van der Waals surface area contributed by atoms with Crippen molar-refractivity contribution < 1.29 is 19.0 Å². The average molecular weight is 358 g/mol. The second-order valence-electron chi connectivity index (χ2n) is 6.06. The number of pyridine rings is 1. The number of hydrogen-bond donors (Lipinski definition) is 0. The number of amides is 1. The molecule has 0 radical (unpaired) electrons. The lowest BCUT2D eigenvalue weighted by Gasteiger charge is -2.21. The number of carbonyl (C=O) groups is 1. The molecule has 0 saturated carbocycles. The number of hydrogen-bond acceptors (Lipinski definition) is 5. The van der Waals surface area contributed by atoms with E-state index in [0.29, 0.717) is 36.0 Å². The lowest BCUT2D eigenvalue weighted by Crippen LogP contribution is -2.30. The van der Waals surface area contributed by atoms with Crippen LogP contribution < -0.4 is 14.2 Å². The van der Waals surface area contributed by atoms with Gasteiger partial charge in [0.1, 0.15) is 0 Å². The van der Waals surface area contributed by atoms with E-state index in [1.165, 1.54) is 0 Å². The highest BCUT2D eigenvalue weighted by Crippen LogP contribution is 2.28. The van der Waals surface area contributed by atoms with Crippen LogP contribution in [0.5, 0.6) is 17.4 Å². The number of benzene rings is 1. The molecular weight excluding hydrogens is 332 g/mol. The van der Waals surface area contributed by atoms with Crippen LogP contribution in [0.3, 0.4) is 0 Å². The van der Waals surface area contributed by atoms with Gasteiger partial charge in [0.15, 0.2) is 11.5 Å². The van der Waals surface area contributed by atoms with Crippen LogP contribution in [0.25, 0.3) is 0 Å². The molecule has 26 heavy (non-hydrogen) atoms. The Morgan fingerprint density at radius 3 is 2.38 bits per heavy atom. The maximum Gasteiger partial charge on any atom is 0.255 e. The van der Waals surface area contributed by atoms with Gasteiger partial charge in [-0.2, -0.15) is 0 Å². The summed E-state index contributed by atoms with van der Waals surface area (Å²) in [5.41, 5.74) is 1.49. The highest BCUT2D eigenvalue weighted by Gasteiger charge is 2.16. The van der Waals surface area contributed by atoms with Crippen molar-refractivity contribution >= 4 is 5.91 Å². The third kappa shape index (κ3) is 4.88. The smallest absolute Gasteiger partial charge is 0.255 e. The fourth-order valence-electron chi connectivity index (χ4n) is 2.53. The minimum absolute atomic E-state index is 0.0428. The van der Waals surface area contributed by atoms with Gasteiger partial charge in [0, 0.05) is 25.4 Å². The van der Waals surface area contributed by atoms with Gasteiger partial charge in [0.2, 0.25) is 5.88 Å². The van der Waals surface area contributed by atoms with Gasteiger partial charge in [-0.15, -0.1) is 0 Å². The van der Waals surface area contributed by atoms with Gasteiger partial charge in [-0.3, -0.25) is 4.79 Å². The monoisotopic (exact) mass is 358 g/mol. The van der Waals surface area contributed by atoms with E-state index in [2.05, 4.69) is 4.98 Å². The third-order valence-corrected chi connectivity index (χ3v) is 3.83. The Hall–Kier alpha value is -2.76. The van der Waals surface area contributed by atoms with E-state index in [0.717, 1.165) is 5.56 Å². The van der Waals surface area contributed by atoms with Crippen molar-refractivity contribution in [1.82, 2.24) is 9.88 Å². The number of aromatic nitrogens is 1. The van der Waals surface area contributed by atoms with Gasteiger partial charge < -0.3 is 19.1 Å². The van der Waals surface area contributed by atoms with Gasteiger partial charge in [0.05, 0.1) is 25.9 Å². The van der Waals surface area contributed by atoms with Crippen LogP contribution in [0.4, 0.5) is 0 Å². The van der Waals surface area contributed by atoms with E-state index < -0.39 is 0 Å². The zero-order valence-corrected chi connectivity index (χ0v) is 16.0. The maximum absolute atomic E-state index is 12.8. The molecule has 1 aromatic carbocycles. The zero-order valence-electron chi connectivity index (χ0n) is 16.0. The SMILES string of the molecule is CCN(Cc1ccc(OC)c(OC)c1)C(=O)c1ccc(OC(C)C)nc1. The van der Waals surface area contributed by atoms with Gasteiger partial charge in [-0.25, -0.2) is 4.98 Å². The molecule has 0 atom stereocenters. The van der Waals surface area contributed by atoms with Crippen LogP contribution in [0.2, 0.25) is 0 Å². The first-order valence-corrected chi connectivity index (χ1v) is 8.61. The maximum atomic E-state index is 12.8. The van der Waals surface area contributed by atoms with Crippen LogP contribution in [0, 0.1) is 0 Å². The highest BCUT2D eigenvalue weighted by molar-refractivity contribution is 5.93. The Morgan fingerprint density at radius 2 is 1.85 bits per heavy atom. The Labute approximate surface area is 154 Å². The Bertz CT molecular complexity index is 729. The summed E-state index contributed by atoms with van der Waals surface area (Å²) < 4.78 is 16.1. The molecule has 1 amide bonds. The molecule has 0 N–H and O–H groups in total. The third-order valence-electron chi connectivity index (χ3n) is 3.83. The van der Waals surface area contributed by atoms with Crippen LogP contribution in [0.15, 0.2) is 36.5 Å². The summed E-state index contributed by atoms with van der Waals surface area (Å²) in [6.07, 6.45) is 1.60. The van der Waals surface area contributed by atoms with E-state index >= 15 is 0 Å². The van der Waals surface area contributed by atoms with Gasteiger partial charge in [-0.05, 0) is 44.5 Å². The first-order chi connectivity index (χ1) is 12.5. The summed E-state index contributed by atoms with van der Waals surface area (Å²) in [6, 6.07) is 9.11. The zero-order chi connectivity index (χ0) is 19.1. The molecule has 6 nitrogen and oxygen atoms in total. The number of methoxy groups -OCH3 is 2. The largest absolute Gasteiger partial charge is 0.493 e. The molecule has 0 spiro atoms. The molecule has 0 aliphatic carbocycles.